The fourth-order valence-corrected chi connectivity index (χ4v) is 3.87. The second kappa shape index (κ2) is 8.61. The molecule has 2 atom stereocenters. The van der Waals surface area contributed by atoms with E-state index in [1.807, 2.05) is 13.8 Å². The zero-order chi connectivity index (χ0) is 20.1. The number of ether oxygens (including phenoxy) is 1. The Morgan fingerprint density at radius 1 is 1.22 bits per heavy atom. The van der Waals surface area contributed by atoms with E-state index in [1.165, 1.54) is 0 Å². The number of hydrazone groups is 1. The van der Waals surface area contributed by atoms with Crippen LogP contribution in [0.15, 0.2) is 35.4 Å². The van der Waals surface area contributed by atoms with Crippen molar-refractivity contribution in [2.45, 2.75) is 69.4 Å². The van der Waals surface area contributed by atoms with Crippen molar-refractivity contribution in [3.8, 4) is 0 Å². The third kappa shape index (κ3) is 4.63. The summed E-state index contributed by atoms with van der Waals surface area (Å²) in [5, 5.41) is 16.1. The van der Waals surface area contributed by atoms with Crippen LogP contribution >= 0.6 is 0 Å². The van der Waals surface area contributed by atoms with Gasteiger partial charge in [0.1, 0.15) is 0 Å². The summed E-state index contributed by atoms with van der Waals surface area (Å²) in [5.74, 6) is 0. The minimum absolute atomic E-state index is 0.108. The monoisotopic (exact) mass is 386 g/mol. The summed E-state index contributed by atoms with van der Waals surface area (Å²) in [4.78, 5) is 0. The fourth-order valence-electron chi connectivity index (χ4n) is 3.87. The highest BCUT2D eigenvalue weighted by molar-refractivity contribution is 5.70. The van der Waals surface area contributed by atoms with Crippen LogP contribution in [0.3, 0.4) is 0 Å². The minimum atomic E-state index is -4.82. The lowest BCUT2D eigenvalue weighted by Crippen LogP contribution is -2.51. The van der Waals surface area contributed by atoms with E-state index in [0.717, 1.165) is 25.7 Å². The van der Waals surface area contributed by atoms with Gasteiger partial charge in [-0.3, -0.25) is 5.01 Å². The average molecular weight is 386 g/mol. The van der Waals surface area contributed by atoms with Crippen LogP contribution in [0.25, 0.3) is 0 Å². The number of benzene rings is 1. The average Bonchev–Trinajstić information content (AvgIpc) is 3.11. The molecule has 2 rings (SSSR count). The van der Waals surface area contributed by atoms with Gasteiger partial charge in [0.15, 0.2) is 0 Å². The van der Waals surface area contributed by atoms with Crippen LogP contribution in [0.4, 0.5) is 13.2 Å². The normalized spacial score (nSPS) is 21.0. The van der Waals surface area contributed by atoms with Gasteiger partial charge in [-0.25, -0.2) is 0 Å². The molecule has 1 aromatic carbocycles. The Labute approximate surface area is 159 Å². The van der Waals surface area contributed by atoms with Gasteiger partial charge in [-0.2, -0.15) is 18.3 Å². The van der Waals surface area contributed by atoms with Crippen molar-refractivity contribution in [2.24, 2.45) is 5.10 Å². The number of aliphatic hydroxyl groups is 1. The summed E-state index contributed by atoms with van der Waals surface area (Å²) < 4.78 is 46.6. The Morgan fingerprint density at radius 3 is 2.37 bits per heavy atom. The lowest BCUT2D eigenvalue weighted by molar-refractivity contribution is -0.228. The molecule has 0 aromatic heterocycles. The van der Waals surface area contributed by atoms with Gasteiger partial charge >= 0.3 is 6.18 Å². The molecule has 1 aromatic rings. The third-order valence-electron chi connectivity index (χ3n) is 5.66. The molecule has 1 aliphatic heterocycles. The molecule has 7 heteroatoms. The Bertz CT molecular complexity index is 609. The predicted molar refractivity (Wildman–Crippen MR) is 99.7 cm³/mol. The molecule has 0 unspecified atom stereocenters. The van der Waals surface area contributed by atoms with Crippen molar-refractivity contribution < 1.29 is 23.0 Å². The minimum Gasteiger partial charge on any atom is -0.376 e. The highest BCUT2D eigenvalue weighted by Crippen LogP contribution is 2.36. The van der Waals surface area contributed by atoms with E-state index in [4.69, 9.17) is 4.74 Å². The Morgan fingerprint density at radius 2 is 1.85 bits per heavy atom. The van der Waals surface area contributed by atoms with E-state index in [0.29, 0.717) is 18.3 Å². The first-order chi connectivity index (χ1) is 12.7. The largest absolute Gasteiger partial charge is 0.422 e. The summed E-state index contributed by atoms with van der Waals surface area (Å²) in [6.07, 6.45) is -1.63. The molecule has 1 aliphatic rings. The molecular weight excluding hydrogens is 357 g/mol. The van der Waals surface area contributed by atoms with E-state index in [1.54, 1.807) is 42.5 Å². The maximum absolute atomic E-state index is 13.6. The van der Waals surface area contributed by atoms with E-state index < -0.39 is 23.8 Å². The van der Waals surface area contributed by atoms with Crippen molar-refractivity contribution in [1.29, 1.82) is 0 Å². The van der Waals surface area contributed by atoms with Gasteiger partial charge in [-0.05, 0) is 31.2 Å². The number of alkyl halides is 3. The maximum atomic E-state index is 13.6. The zero-order valence-corrected chi connectivity index (χ0v) is 16.2. The van der Waals surface area contributed by atoms with Gasteiger partial charge in [0.25, 0.3) is 0 Å². The van der Waals surface area contributed by atoms with Crippen molar-refractivity contribution >= 4 is 6.21 Å². The Balaban J connectivity index is 2.27. The molecule has 0 radical (unpaired) electrons. The Kier molecular flexibility index (Phi) is 6.92. The lowest BCUT2D eigenvalue weighted by atomic mass is 9.87. The van der Waals surface area contributed by atoms with Crippen LogP contribution in [0, 0.1) is 0 Å². The topological polar surface area (TPSA) is 45.1 Å². The maximum Gasteiger partial charge on any atom is 0.422 e. The number of methoxy groups -OCH3 is 1. The summed E-state index contributed by atoms with van der Waals surface area (Å²) in [7, 11) is 1.63. The number of nitrogens with zero attached hydrogens (tertiary/aromatic N) is 2. The molecule has 1 fully saturated rings. The van der Waals surface area contributed by atoms with Crippen LogP contribution < -0.4 is 0 Å². The molecule has 0 aliphatic carbocycles. The van der Waals surface area contributed by atoms with E-state index in [2.05, 4.69) is 5.10 Å². The fraction of sp³-hybridized carbons (Fsp3) is 0.650. The predicted octanol–water partition coefficient (Wildman–Crippen LogP) is 4.18. The first kappa shape index (κ1) is 21.7. The van der Waals surface area contributed by atoms with Crippen LogP contribution in [0.2, 0.25) is 0 Å². The third-order valence-corrected chi connectivity index (χ3v) is 5.66. The van der Waals surface area contributed by atoms with Gasteiger partial charge < -0.3 is 9.84 Å². The van der Waals surface area contributed by atoms with Crippen LogP contribution in [0.5, 0.6) is 0 Å². The SMILES string of the molecule is CCC(CC)(OC)[C@@H]1CCCN1/N=C/[C@@](O)(Cc1ccccc1)C(F)(F)F. The smallest absolute Gasteiger partial charge is 0.376 e. The van der Waals surface area contributed by atoms with Crippen molar-refractivity contribution in [2.75, 3.05) is 13.7 Å². The quantitative estimate of drug-likeness (QED) is 0.682. The van der Waals surface area contributed by atoms with Gasteiger partial charge in [0.05, 0.1) is 17.9 Å². The molecule has 1 saturated heterocycles. The van der Waals surface area contributed by atoms with Crippen LogP contribution in [-0.2, 0) is 11.2 Å². The summed E-state index contributed by atoms with van der Waals surface area (Å²) in [6.45, 7) is 4.56. The lowest BCUT2D eigenvalue weighted by Gasteiger charge is -2.40. The molecule has 0 saturated carbocycles. The second-order valence-electron chi connectivity index (χ2n) is 7.13. The van der Waals surface area contributed by atoms with Gasteiger partial charge in [0, 0.05) is 20.1 Å². The van der Waals surface area contributed by atoms with Gasteiger partial charge in [-0.1, -0.05) is 44.2 Å². The summed E-state index contributed by atoms with van der Waals surface area (Å²) >= 11 is 0. The number of hydrogen-bond acceptors (Lipinski definition) is 4. The Hall–Kier alpha value is -1.60. The van der Waals surface area contributed by atoms with Crippen LogP contribution in [0.1, 0.15) is 45.1 Å². The molecule has 1 N–H and O–H groups in total. The van der Waals surface area contributed by atoms with E-state index >= 15 is 0 Å². The highest BCUT2D eigenvalue weighted by Gasteiger charge is 2.53. The first-order valence-electron chi connectivity index (χ1n) is 9.41. The van der Waals surface area contributed by atoms with E-state index in [9.17, 15) is 18.3 Å². The zero-order valence-electron chi connectivity index (χ0n) is 16.2. The molecular formula is C20H29F3N2O2. The molecule has 0 amide bonds. The standard InChI is InChI=1S/C20H29F3N2O2/c1-4-18(5-2,27-3)17-12-9-13-25(17)24-15-19(26,20(21,22)23)14-16-10-7-6-8-11-16/h6-8,10-11,15,17,26H,4-5,9,12-14H2,1-3H3/b24-15+/t17-,19-/m0/s1. The van der Waals surface area contributed by atoms with Crippen molar-refractivity contribution in [3.05, 3.63) is 35.9 Å². The van der Waals surface area contributed by atoms with E-state index in [-0.39, 0.29) is 6.04 Å². The van der Waals surface area contributed by atoms with Crippen molar-refractivity contribution in [3.63, 3.8) is 0 Å². The number of halogens is 3. The van der Waals surface area contributed by atoms with Gasteiger partial charge in [-0.15, -0.1) is 0 Å². The molecule has 152 valence electrons. The highest BCUT2D eigenvalue weighted by atomic mass is 19.4. The van der Waals surface area contributed by atoms with Gasteiger partial charge in [0.2, 0.25) is 5.60 Å². The molecule has 4 nitrogen and oxygen atoms in total. The molecule has 1 heterocycles. The number of rotatable bonds is 8. The second-order valence-corrected chi connectivity index (χ2v) is 7.13. The number of hydrogen-bond donors (Lipinski definition) is 1. The van der Waals surface area contributed by atoms with Crippen molar-refractivity contribution in [1.82, 2.24) is 5.01 Å². The summed E-state index contributed by atoms with van der Waals surface area (Å²) in [5.41, 5.74) is -3.07. The van der Waals surface area contributed by atoms with Crippen LogP contribution in [-0.4, -0.2) is 53.4 Å². The summed E-state index contributed by atoms with van der Waals surface area (Å²) in [6, 6.07) is 8.03. The first-order valence-corrected chi connectivity index (χ1v) is 9.41. The molecule has 0 bridgehead atoms. The molecule has 0 spiro atoms. The molecule has 27 heavy (non-hydrogen) atoms.